The van der Waals surface area contributed by atoms with Crippen molar-refractivity contribution < 1.29 is 14.1 Å². The summed E-state index contributed by atoms with van der Waals surface area (Å²) >= 11 is 0. The minimum atomic E-state index is -0.255. The molecule has 27 heavy (non-hydrogen) atoms. The Morgan fingerprint density at radius 1 is 1.30 bits per heavy atom. The fourth-order valence-corrected chi connectivity index (χ4v) is 6.61. The van der Waals surface area contributed by atoms with Crippen LogP contribution < -0.4 is 10.6 Å². The number of amides is 1. The quantitative estimate of drug-likeness (QED) is 0.723. The first-order chi connectivity index (χ1) is 12.9. The van der Waals surface area contributed by atoms with E-state index in [9.17, 15) is 4.79 Å². The van der Waals surface area contributed by atoms with Crippen LogP contribution >= 0.6 is 0 Å². The maximum atomic E-state index is 12.9. The Kier molecular flexibility index (Phi) is 4.39. The van der Waals surface area contributed by atoms with Crippen molar-refractivity contribution in [3.63, 3.8) is 0 Å². The van der Waals surface area contributed by atoms with Crippen LogP contribution in [0.15, 0.2) is 0 Å². The van der Waals surface area contributed by atoms with Crippen molar-refractivity contribution in [2.45, 2.75) is 76.6 Å². The van der Waals surface area contributed by atoms with E-state index in [1.165, 1.54) is 6.42 Å². The molecule has 3 aliphatic carbocycles. The monoisotopic (exact) mass is 375 g/mol. The first kappa shape index (κ1) is 18.4. The Morgan fingerprint density at radius 3 is 2.89 bits per heavy atom. The molecule has 3 aliphatic heterocycles. The summed E-state index contributed by atoms with van der Waals surface area (Å²) in [6.45, 7) is 10.3. The number of carbonyl (C=O) groups excluding carboxylic acids is 1. The zero-order valence-electron chi connectivity index (χ0n) is 17.0. The van der Waals surface area contributed by atoms with Gasteiger partial charge in [0, 0.05) is 19.1 Å². The molecule has 0 aromatic heterocycles. The van der Waals surface area contributed by atoms with Gasteiger partial charge in [-0.2, -0.15) is 0 Å². The van der Waals surface area contributed by atoms with Gasteiger partial charge in [-0.3, -0.25) is 4.79 Å². The van der Waals surface area contributed by atoms with Crippen LogP contribution in [0, 0.1) is 17.3 Å². The number of rotatable bonds is 4. The molecule has 3 heterocycles. The average Bonchev–Trinajstić information content (AvgIpc) is 3.36. The summed E-state index contributed by atoms with van der Waals surface area (Å²) in [5, 5.41) is 6.75. The highest BCUT2D eigenvalue weighted by Gasteiger charge is 2.69. The molecule has 0 aromatic rings. The van der Waals surface area contributed by atoms with Crippen molar-refractivity contribution in [3.8, 4) is 0 Å². The highest BCUT2D eigenvalue weighted by molar-refractivity contribution is 6.48. The van der Waals surface area contributed by atoms with Crippen LogP contribution in [0.2, 0.25) is 0 Å². The summed E-state index contributed by atoms with van der Waals surface area (Å²) in [6, 6.07) is 0.421. The molecule has 6 rings (SSSR count). The number of nitrogens with one attached hydrogen (secondary N) is 2. The van der Waals surface area contributed by atoms with Gasteiger partial charge in [-0.1, -0.05) is 13.8 Å². The van der Waals surface area contributed by atoms with E-state index in [-0.39, 0.29) is 30.7 Å². The lowest BCUT2D eigenvalue weighted by molar-refractivity contribution is -0.199. The Bertz CT molecular complexity index is 611. The van der Waals surface area contributed by atoms with Gasteiger partial charge in [-0.15, -0.1) is 0 Å². The maximum Gasteiger partial charge on any atom is 0.481 e. The topological polar surface area (TPSA) is 62.8 Å². The molecule has 1 unspecified atom stereocenters. The normalized spacial score (nSPS) is 45.1. The average molecular weight is 375 g/mol. The van der Waals surface area contributed by atoms with E-state index in [0.29, 0.717) is 23.9 Å². The zero-order valence-corrected chi connectivity index (χ0v) is 17.0. The first-order valence-corrected chi connectivity index (χ1v) is 11.0. The fraction of sp³-hybridized carbons (Fsp3) is 0.950. The van der Waals surface area contributed by atoms with Crippen molar-refractivity contribution in [2.24, 2.45) is 17.3 Å². The van der Waals surface area contributed by atoms with Crippen LogP contribution in [-0.2, 0) is 14.1 Å². The van der Waals surface area contributed by atoms with Gasteiger partial charge in [0.1, 0.15) is 0 Å². The van der Waals surface area contributed by atoms with Crippen LogP contribution in [0.5, 0.6) is 0 Å². The number of hydrogen-bond acceptors (Lipinski definition) is 5. The van der Waals surface area contributed by atoms with E-state index in [2.05, 4.69) is 31.4 Å². The highest BCUT2D eigenvalue weighted by atomic mass is 16.7. The second-order valence-corrected chi connectivity index (χ2v) is 10.2. The Labute approximate surface area is 163 Å². The standard InChI is InChI=1S/C20H34BN3O3/c1-19(2)13-9-15(19)20(3)16(10-13)26-21(27-20)17-5-4-8-24(17)18(25)12-23-14-6-7-22-11-14/h13-17,22-23H,4-12H2,1-3H3/t13-,14+,15-,16+,17?,20-/m0/s1. The van der Waals surface area contributed by atoms with Crippen molar-refractivity contribution >= 4 is 13.0 Å². The summed E-state index contributed by atoms with van der Waals surface area (Å²) in [5.41, 5.74) is 0.169. The van der Waals surface area contributed by atoms with Crippen LogP contribution in [0.4, 0.5) is 0 Å². The van der Waals surface area contributed by atoms with Crippen LogP contribution in [0.3, 0.4) is 0 Å². The first-order valence-electron chi connectivity index (χ1n) is 11.0. The van der Waals surface area contributed by atoms with Gasteiger partial charge in [0.15, 0.2) is 0 Å². The van der Waals surface area contributed by atoms with Gasteiger partial charge in [0.25, 0.3) is 0 Å². The van der Waals surface area contributed by atoms with Crippen molar-refractivity contribution in [1.82, 2.24) is 15.5 Å². The molecule has 6 fully saturated rings. The third-order valence-electron chi connectivity index (χ3n) is 8.50. The van der Waals surface area contributed by atoms with Crippen molar-refractivity contribution in [1.29, 1.82) is 0 Å². The molecular weight excluding hydrogens is 341 g/mol. The Balaban J connectivity index is 1.24. The molecule has 6 atom stereocenters. The van der Waals surface area contributed by atoms with Gasteiger partial charge in [-0.05, 0) is 62.8 Å². The predicted octanol–water partition coefficient (Wildman–Crippen LogP) is 1.20. The van der Waals surface area contributed by atoms with Crippen LogP contribution in [0.25, 0.3) is 0 Å². The molecular formula is C20H34BN3O3. The molecule has 1 amide bonds. The molecule has 150 valence electrons. The second-order valence-electron chi connectivity index (χ2n) is 10.2. The van der Waals surface area contributed by atoms with Crippen molar-refractivity contribution in [3.05, 3.63) is 0 Å². The second kappa shape index (κ2) is 6.44. The molecule has 6 nitrogen and oxygen atoms in total. The third-order valence-corrected chi connectivity index (χ3v) is 8.50. The SMILES string of the molecule is CC1(C)[C@@H]2C[C@H]3OB(C4CCCN4C(=O)CN[C@@H]4CCNC4)O[C@@]3(C)[C@H]1C2. The molecule has 7 heteroatoms. The number of nitrogens with zero attached hydrogens (tertiary/aromatic N) is 1. The van der Waals surface area contributed by atoms with E-state index < -0.39 is 0 Å². The van der Waals surface area contributed by atoms with Gasteiger partial charge >= 0.3 is 7.12 Å². The number of hydrogen-bond donors (Lipinski definition) is 2. The summed E-state index contributed by atoms with van der Waals surface area (Å²) < 4.78 is 13.1. The fourth-order valence-electron chi connectivity index (χ4n) is 6.61. The molecule has 3 saturated carbocycles. The largest absolute Gasteiger partial charge is 0.481 e. The van der Waals surface area contributed by atoms with E-state index in [1.54, 1.807) is 0 Å². The molecule has 0 aromatic carbocycles. The van der Waals surface area contributed by atoms with Gasteiger partial charge in [0.05, 0.1) is 24.2 Å². The minimum absolute atomic E-state index is 0.0729. The van der Waals surface area contributed by atoms with Gasteiger partial charge in [-0.25, -0.2) is 0 Å². The minimum Gasteiger partial charge on any atom is -0.404 e. The summed E-state index contributed by atoms with van der Waals surface area (Å²) in [5.74, 6) is 1.60. The molecule has 0 spiro atoms. The molecule has 2 N–H and O–H groups in total. The predicted molar refractivity (Wildman–Crippen MR) is 104 cm³/mol. The van der Waals surface area contributed by atoms with E-state index in [0.717, 1.165) is 51.2 Å². The lowest BCUT2D eigenvalue weighted by Gasteiger charge is -2.64. The molecule has 3 saturated heterocycles. The third kappa shape index (κ3) is 2.80. The van der Waals surface area contributed by atoms with Gasteiger partial charge in [0.2, 0.25) is 5.91 Å². The van der Waals surface area contributed by atoms with Crippen LogP contribution in [0.1, 0.15) is 52.9 Å². The number of likely N-dealkylation sites (tertiary alicyclic amines) is 1. The Morgan fingerprint density at radius 2 is 2.15 bits per heavy atom. The smallest absolute Gasteiger partial charge is 0.404 e. The maximum absolute atomic E-state index is 12.9. The van der Waals surface area contributed by atoms with Crippen molar-refractivity contribution in [2.75, 3.05) is 26.2 Å². The van der Waals surface area contributed by atoms with E-state index >= 15 is 0 Å². The zero-order chi connectivity index (χ0) is 18.8. The number of carbonyl (C=O) groups is 1. The lowest BCUT2D eigenvalue weighted by atomic mass is 9.43. The summed E-state index contributed by atoms with van der Waals surface area (Å²) in [4.78, 5) is 14.9. The Hall–Kier alpha value is -0.625. The highest BCUT2D eigenvalue weighted by Crippen LogP contribution is 2.65. The van der Waals surface area contributed by atoms with E-state index in [1.807, 2.05) is 4.90 Å². The molecule has 2 bridgehead atoms. The van der Waals surface area contributed by atoms with Gasteiger partial charge < -0.3 is 24.8 Å². The molecule has 0 radical (unpaired) electrons. The lowest BCUT2D eigenvalue weighted by Crippen LogP contribution is -2.65. The van der Waals surface area contributed by atoms with Crippen LogP contribution in [-0.4, -0.2) is 67.8 Å². The van der Waals surface area contributed by atoms with E-state index in [4.69, 9.17) is 9.31 Å². The summed E-state index contributed by atoms with van der Waals surface area (Å²) in [6.07, 6.45) is 5.70. The molecule has 6 aliphatic rings. The summed E-state index contributed by atoms with van der Waals surface area (Å²) in [7, 11) is -0.255.